The van der Waals surface area contributed by atoms with E-state index in [0.29, 0.717) is 22.9 Å². The van der Waals surface area contributed by atoms with Crippen molar-refractivity contribution in [2.45, 2.75) is 13.8 Å². The Morgan fingerprint density at radius 2 is 1.67 bits per heavy atom. The molecular weight excluding hydrogens is 368 g/mol. The van der Waals surface area contributed by atoms with Crippen molar-refractivity contribution in [1.82, 2.24) is 0 Å². The molecule has 0 bridgehead atoms. The molecule has 0 radical (unpaired) electrons. The van der Waals surface area contributed by atoms with Gasteiger partial charge in [0.05, 0.1) is 26.2 Å². The lowest BCUT2D eigenvalue weighted by Gasteiger charge is -2.22. The highest BCUT2D eigenvalue weighted by molar-refractivity contribution is 7.92. The van der Waals surface area contributed by atoms with E-state index in [1.165, 1.54) is 14.2 Å². The third-order valence-electron chi connectivity index (χ3n) is 4.13. The summed E-state index contributed by atoms with van der Waals surface area (Å²) in [5.74, 6) is 0.527. The van der Waals surface area contributed by atoms with Crippen molar-refractivity contribution < 1.29 is 22.7 Å². The van der Waals surface area contributed by atoms with E-state index in [4.69, 9.17) is 9.47 Å². The molecule has 0 unspecified atom stereocenters. The minimum absolute atomic E-state index is 0.338. The molecule has 8 heteroatoms. The number of carbonyl (C=O) groups excluding carboxylic acids is 1. The average molecular weight is 392 g/mol. The van der Waals surface area contributed by atoms with Crippen molar-refractivity contribution >= 4 is 27.3 Å². The van der Waals surface area contributed by atoms with Gasteiger partial charge in [-0.05, 0) is 49.2 Å². The molecule has 0 aliphatic rings. The molecule has 0 saturated heterocycles. The smallest absolute Gasteiger partial charge is 0.245 e. The number of sulfonamides is 1. The van der Waals surface area contributed by atoms with Gasteiger partial charge in [0.15, 0.2) is 11.5 Å². The predicted molar refractivity (Wildman–Crippen MR) is 106 cm³/mol. The summed E-state index contributed by atoms with van der Waals surface area (Å²) in [5.41, 5.74) is 2.91. The normalized spacial score (nSPS) is 11.0. The number of methoxy groups -OCH3 is 2. The Morgan fingerprint density at radius 1 is 1.00 bits per heavy atom. The number of hydrogen-bond donors (Lipinski definition) is 1. The maximum Gasteiger partial charge on any atom is 0.245 e. The number of benzene rings is 2. The van der Waals surface area contributed by atoms with E-state index in [2.05, 4.69) is 5.32 Å². The molecule has 2 aromatic carbocycles. The van der Waals surface area contributed by atoms with Gasteiger partial charge in [0, 0.05) is 11.8 Å². The fourth-order valence-corrected chi connectivity index (χ4v) is 3.37. The Hall–Kier alpha value is -2.74. The molecule has 0 aromatic heterocycles. The zero-order valence-corrected chi connectivity index (χ0v) is 16.9. The largest absolute Gasteiger partial charge is 0.493 e. The average Bonchev–Trinajstić information content (AvgIpc) is 2.61. The molecule has 0 spiro atoms. The Kier molecular flexibility index (Phi) is 6.32. The number of anilines is 2. The van der Waals surface area contributed by atoms with Crippen LogP contribution in [-0.2, 0) is 14.8 Å². The Labute approximate surface area is 160 Å². The van der Waals surface area contributed by atoms with E-state index >= 15 is 0 Å². The Balaban J connectivity index is 2.23. The van der Waals surface area contributed by atoms with E-state index < -0.39 is 15.9 Å². The van der Waals surface area contributed by atoms with E-state index in [9.17, 15) is 13.2 Å². The summed E-state index contributed by atoms with van der Waals surface area (Å²) in [7, 11) is -0.618. The summed E-state index contributed by atoms with van der Waals surface area (Å²) in [4.78, 5) is 12.5. The van der Waals surface area contributed by atoms with Crippen molar-refractivity contribution in [3.63, 3.8) is 0 Å². The molecule has 1 N–H and O–H groups in total. The molecule has 0 atom stereocenters. The maximum absolute atomic E-state index is 12.5. The SMILES string of the molecule is COc1ccc(NC(=O)CN(c2ccc(C)c(C)c2)S(C)(=O)=O)cc1OC. The van der Waals surface area contributed by atoms with E-state index in [0.717, 1.165) is 21.7 Å². The van der Waals surface area contributed by atoms with Crippen LogP contribution in [0.1, 0.15) is 11.1 Å². The van der Waals surface area contributed by atoms with Gasteiger partial charge in [-0.3, -0.25) is 9.10 Å². The van der Waals surface area contributed by atoms with Gasteiger partial charge in [0.1, 0.15) is 6.54 Å². The first-order valence-corrected chi connectivity index (χ1v) is 10.1. The van der Waals surface area contributed by atoms with Gasteiger partial charge in [-0.2, -0.15) is 0 Å². The third-order valence-corrected chi connectivity index (χ3v) is 5.27. The number of amides is 1. The zero-order valence-electron chi connectivity index (χ0n) is 16.1. The van der Waals surface area contributed by atoms with Gasteiger partial charge >= 0.3 is 0 Å². The van der Waals surface area contributed by atoms with Crippen molar-refractivity contribution in [1.29, 1.82) is 0 Å². The minimum Gasteiger partial charge on any atom is -0.493 e. The number of nitrogens with zero attached hydrogens (tertiary/aromatic N) is 1. The van der Waals surface area contributed by atoms with E-state index in [1.54, 1.807) is 30.3 Å². The zero-order chi connectivity index (χ0) is 20.2. The fraction of sp³-hybridized carbons (Fsp3) is 0.316. The first-order chi connectivity index (χ1) is 12.7. The van der Waals surface area contributed by atoms with Gasteiger partial charge in [0.2, 0.25) is 15.9 Å². The molecule has 0 aliphatic heterocycles. The predicted octanol–water partition coefficient (Wildman–Crippen LogP) is 2.73. The summed E-state index contributed by atoms with van der Waals surface area (Å²) in [6.07, 6.45) is 1.08. The monoisotopic (exact) mass is 392 g/mol. The van der Waals surface area contributed by atoms with E-state index in [-0.39, 0.29) is 6.54 Å². The van der Waals surface area contributed by atoms with Crippen molar-refractivity contribution in [3.05, 3.63) is 47.5 Å². The van der Waals surface area contributed by atoms with Crippen LogP contribution in [0.2, 0.25) is 0 Å². The number of hydrogen-bond acceptors (Lipinski definition) is 5. The van der Waals surface area contributed by atoms with Gasteiger partial charge in [-0.25, -0.2) is 8.42 Å². The third kappa shape index (κ3) is 5.13. The van der Waals surface area contributed by atoms with Crippen LogP contribution in [-0.4, -0.2) is 41.3 Å². The van der Waals surface area contributed by atoms with Crippen LogP contribution in [0.25, 0.3) is 0 Å². The van der Waals surface area contributed by atoms with Crippen LogP contribution in [0.5, 0.6) is 11.5 Å². The summed E-state index contributed by atoms with van der Waals surface area (Å²) in [6.45, 7) is 3.49. The van der Waals surface area contributed by atoms with Crippen LogP contribution in [0.4, 0.5) is 11.4 Å². The highest BCUT2D eigenvalue weighted by Crippen LogP contribution is 2.29. The molecular formula is C19H24N2O5S. The summed E-state index contributed by atoms with van der Waals surface area (Å²) in [5, 5.41) is 2.69. The molecule has 0 aliphatic carbocycles. The minimum atomic E-state index is -3.63. The molecule has 7 nitrogen and oxygen atoms in total. The van der Waals surface area contributed by atoms with Crippen LogP contribution >= 0.6 is 0 Å². The number of carbonyl (C=O) groups is 1. The van der Waals surface area contributed by atoms with Gasteiger partial charge in [-0.15, -0.1) is 0 Å². The van der Waals surface area contributed by atoms with Gasteiger partial charge in [0.25, 0.3) is 0 Å². The van der Waals surface area contributed by atoms with E-state index in [1.807, 2.05) is 19.9 Å². The second-order valence-electron chi connectivity index (χ2n) is 6.16. The summed E-state index contributed by atoms with van der Waals surface area (Å²) < 4.78 is 35.9. The molecule has 0 saturated carbocycles. The van der Waals surface area contributed by atoms with Crippen molar-refractivity contribution in [3.8, 4) is 11.5 Å². The fourth-order valence-electron chi connectivity index (χ4n) is 2.53. The quantitative estimate of drug-likeness (QED) is 0.783. The molecule has 1 amide bonds. The number of nitrogens with one attached hydrogen (secondary N) is 1. The first-order valence-electron chi connectivity index (χ1n) is 8.22. The lowest BCUT2D eigenvalue weighted by molar-refractivity contribution is -0.114. The van der Waals surface area contributed by atoms with Crippen LogP contribution in [0.3, 0.4) is 0 Å². The molecule has 2 rings (SSSR count). The molecule has 0 fully saturated rings. The summed E-state index contributed by atoms with van der Waals surface area (Å²) >= 11 is 0. The van der Waals surface area contributed by atoms with Crippen LogP contribution in [0.15, 0.2) is 36.4 Å². The van der Waals surface area contributed by atoms with Crippen LogP contribution in [0, 0.1) is 13.8 Å². The van der Waals surface area contributed by atoms with Gasteiger partial charge in [-0.1, -0.05) is 6.07 Å². The van der Waals surface area contributed by atoms with Crippen molar-refractivity contribution in [2.24, 2.45) is 0 Å². The topological polar surface area (TPSA) is 84.9 Å². The second kappa shape index (κ2) is 8.30. The maximum atomic E-state index is 12.5. The lowest BCUT2D eigenvalue weighted by Crippen LogP contribution is -2.37. The highest BCUT2D eigenvalue weighted by atomic mass is 32.2. The van der Waals surface area contributed by atoms with Crippen molar-refractivity contribution in [2.75, 3.05) is 36.6 Å². The van der Waals surface area contributed by atoms with Crippen LogP contribution < -0.4 is 19.1 Å². The number of aryl methyl sites for hydroxylation is 2. The Bertz CT molecular complexity index is 941. The molecule has 2 aromatic rings. The molecule has 27 heavy (non-hydrogen) atoms. The number of ether oxygens (including phenoxy) is 2. The Morgan fingerprint density at radius 3 is 2.22 bits per heavy atom. The second-order valence-corrected chi connectivity index (χ2v) is 8.06. The van der Waals surface area contributed by atoms with Gasteiger partial charge < -0.3 is 14.8 Å². The standard InChI is InChI=1S/C19H24N2O5S/c1-13-6-8-16(10-14(13)2)21(27(5,23)24)12-19(22)20-15-7-9-17(25-3)18(11-15)26-4/h6-11H,12H2,1-5H3,(H,20,22). The lowest BCUT2D eigenvalue weighted by atomic mass is 10.1. The highest BCUT2D eigenvalue weighted by Gasteiger charge is 2.21. The molecule has 0 heterocycles. The first kappa shape index (κ1) is 20.6. The molecule has 146 valence electrons. The number of rotatable bonds is 7. The summed E-state index contributed by atoms with van der Waals surface area (Å²) in [6, 6.07) is 10.2.